The molecule has 6 nitrogen and oxygen atoms in total. The molecule has 0 fully saturated rings. The predicted molar refractivity (Wildman–Crippen MR) is 94.2 cm³/mol. The molecule has 0 radical (unpaired) electrons. The summed E-state index contributed by atoms with van der Waals surface area (Å²) >= 11 is 5.74. The van der Waals surface area contributed by atoms with Gasteiger partial charge in [-0.25, -0.2) is 0 Å². The largest absolute Gasteiger partial charge is 0.573 e. The molecule has 2 aromatic carbocycles. The lowest BCUT2D eigenvalue weighted by Crippen LogP contribution is -2.21. The first-order valence-corrected chi connectivity index (χ1v) is 8.16. The van der Waals surface area contributed by atoms with Crippen LogP contribution in [0.2, 0.25) is 0 Å². The van der Waals surface area contributed by atoms with Crippen molar-refractivity contribution >= 4 is 23.2 Å². The first-order chi connectivity index (χ1) is 13.4. The van der Waals surface area contributed by atoms with E-state index in [9.17, 15) is 18.0 Å². The first-order valence-electron chi connectivity index (χ1n) is 7.72. The molecule has 0 unspecified atom stereocenters. The van der Waals surface area contributed by atoms with Gasteiger partial charge in [-0.15, -0.1) is 23.4 Å². The van der Waals surface area contributed by atoms with E-state index >= 15 is 0 Å². The number of halogens is 4. The van der Waals surface area contributed by atoms with Gasteiger partial charge in [0.1, 0.15) is 11.4 Å². The Morgan fingerprint density at radius 1 is 1.07 bits per heavy atom. The molecular formula is C18H11ClF3N3O3. The monoisotopic (exact) mass is 409 g/mol. The van der Waals surface area contributed by atoms with Gasteiger partial charge in [0, 0.05) is 16.7 Å². The summed E-state index contributed by atoms with van der Waals surface area (Å²) in [4.78, 5) is 12.2. The Balaban J connectivity index is 1.74. The number of hydrogen-bond acceptors (Lipinski definition) is 5. The summed E-state index contributed by atoms with van der Waals surface area (Å²) < 4.78 is 45.9. The maximum Gasteiger partial charge on any atom is 0.573 e. The standard InChI is InChI=1S/C18H11ClF3N3O3/c19-10-14(23-15(26)11-4-2-1-3-5-11)17-25-24-16(27-17)12-6-8-13(9-7-12)28-18(20,21)22/h1-10H,(H,23,26)/b14-10+. The van der Waals surface area contributed by atoms with Gasteiger partial charge in [0.05, 0.1) is 0 Å². The zero-order valence-corrected chi connectivity index (χ0v) is 14.7. The summed E-state index contributed by atoms with van der Waals surface area (Å²) in [5.41, 5.74) is 1.90. The van der Waals surface area contributed by atoms with Gasteiger partial charge in [0.2, 0.25) is 5.89 Å². The van der Waals surface area contributed by atoms with Gasteiger partial charge in [-0.2, -0.15) is 0 Å². The Bertz CT molecular complexity index is 987. The van der Waals surface area contributed by atoms with E-state index in [-0.39, 0.29) is 23.2 Å². The van der Waals surface area contributed by atoms with Crippen molar-refractivity contribution < 1.29 is 27.1 Å². The minimum absolute atomic E-state index is 0.0264. The average molecular weight is 410 g/mol. The summed E-state index contributed by atoms with van der Waals surface area (Å²) in [5, 5.41) is 10.2. The van der Waals surface area contributed by atoms with Crippen LogP contribution in [0, 0.1) is 0 Å². The summed E-state index contributed by atoms with van der Waals surface area (Å²) in [7, 11) is 0. The number of carbonyl (C=O) groups is 1. The molecule has 0 aliphatic rings. The highest BCUT2D eigenvalue weighted by Crippen LogP contribution is 2.26. The van der Waals surface area contributed by atoms with E-state index in [0.29, 0.717) is 11.1 Å². The van der Waals surface area contributed by atoms with Gasteiger partial charge >= 0.3 is 6.36 Å². The molecular weight excluding hydrogens is 399 g/mol. The van der Waals surface area contributed by atoms with Crippen molar-refractivity contribution in [3.63, 3.8) is 0 Å². The second-order valence-electron chi connectivity index (χ2n) is 5.33. The third-order valence-corrected chi connectivity index (χ3v) is 3.60. The highest BCUT2D eigenvalue weighted by molar-refractivity contribution is 6.28. The molecule has 0 aliphatic carbocycles. The predicted octanol–water partition coefficient (Wildman–Crippen LogP) is 4.60. The van der Waals surface area contributed by atoms with E-state index in [0.717, 1.165) is 17.7 Å². The molecule has 0 aliphatic heterocycles. The van der Waals surface area contributed by atoms with Crippen molar-refractivity contribution in [2.24, 2.45) is 0 Å². The lowest BCUT2D eigenvalue weighted by atomic mass is 10.2. The van der Waals surface area contributed by atoms with Crippen LogP contribution in [0.25, 0.3) is 17.2 Å². The molecule has 144 valence electrons. The minimum Gasteiger partial charge on any atom is -0.415 e. The fourth-order valence-corrected chi connectivity index (χ4v) is 2.31. The van der Waals surface area contributed by atoms with Crippen LogP contribution in [0.15, 0.2) is 64.5 Å². The fraction of sp³-hybridized carbons (Fsp3) is 0.0556. The van der Waals surface area contributed by atoms with Crippen LogP contribution >= 0.6 is 11.6 Å². The third-order valence-electron chi connectivity index (χ3n) is 3.38. The Kier molecular flexibility index (Phi) is 5.65. The number of rotatable bonds is 5. The zero-order valence-electron chi connectivity index (χ0n) is 13.9. The normalized spacial score (nSPS) is 11.9. The van der Waals surface area contributed by atoms with Gasteiger partial charge in [-0.1, -0.05) is 29.8 Å². The van der Waals surface area contributed by atoms with Crippen LogP contribution in [0.3, 0.4) is 0 Å². The number of alkyl halides is 3. The van der Waals surface area contributed by atoms with E-state index in [4.69, 9.17) is 16.0 Å². The maximum absolute atomic E-state index is 12.2. The highest BCUT2D eigenvalue weighted by Gasteiger charge is 2.31. The molecule has 1 N–H and O–H groups in total. The van der Waals surface area contributed by atoms with Gasteiger partial charge in [-0.3, -0.25) is 4.79 Å². The van der Waals surface area contributed by atoms with Crippen molar-refractivity contribution in [3.8, 4) is 17.2 Å². The second-order valence-corrected chi connectivity index (χ2v) is 5.55. The highest BCUT2D eigenvalue weighted by atomic mass is 35.5. The number of aromatic nitrogens is 2. The molecule has 1 heterocycles. The Hall–Kier alpha value is -3.33. The van der Waals surface area contributed by atoms with Crippen LogP contribution in [-0.4, -0.2) is 22.5 Å². The number of carbonyl (C=O) groups excluding carboxylic acids is 1. The van der Waals surface area contributed by atoms with Crippen molar-refractivity contribution in [1.82, 2.24) is 15.5 Å². The van der Waals surface area contributed by atoms with Crippen LogP contribution in [0.4, 0.5) is 13.2 Å². The number of benzene rings is 2. The molecule has 28 heavy (non-hydrogen) atoms. The molecule has 1 aromatic heterocycles. The first kappa shape index (κ1) is 19.4. The lowest BCUT2D eigenvalue weighted by Gasteiger charge is -2.08. The van der Waals surface area contributed by atoms with Crippen molar-refractivity contribution in [2.75, 3.05) is 0 Å². The molecule has 0 saturated carbocycles. The smallest absolute Gasteiger partial charge is 0.415 e. The topological polar surface area (TPSA) is 77.2 Å². The number of ether oxygens (including phenoxy) is 1. The molecule has 1 amide bonds. The molecule has 0 bridgehead atoms. The Morgan fingerprint density at radius 3 is 2.36 bits per heavy atom. The average Bonchev–Trinajstić information content (AvgIpc) is 3.16. The van der Waals surface area contributed by atoms with Crippen LogP contribution in [0.5, 0.6) is 5.75 Å². The summed E-state index contributed by atoms with van der Waals surface area (Å²) in [5.74, 6) is -0.850. The van der Waals surface area contributed by atoms with Crippen molar-refractivity contribution in [1.29, 1.82) is 0 Å². The van der Waals surface area contributed by atoms with Gasteiger partial charge in [-0.05, 0) is 36.4 Å². The minimum atomic E-state index is -4.78. The number of nitrogens with zero attached hydrogens (tertiary/aromatic N) is 2. The van der Waals surface area contributed by atoms with E-state index in [1.54, 1.807) is 30.3 Å². The van der Waals surface area contributed by atoms with E-state index < -0.39 is 12.3 Å². The summed E-state index contributed by atoms with van der Waals surface area (Å²) in [6, 6.07) is 13.3. The zero-order chi connectivity index (χ0) is 20.1. The van der Waals surface area contributed by atoms with Crippen LogP contribution in [0.1, 0.15) is 16.2 Å². The summed E-state index contributed by atoms with van der Waals surface area (Å²) in [6.45, 7) is 0. The van der Waals surface area contributed by atoms with Crippen LogP contribution < -0.4 is 10.1 Å². The van der Waals surface area contributed by atoms with E-state index in [1.807, 2.05) is 0 Å². The molecule has 0 atom stereocenters. The van der Waals surface area contributed by atoms with Crippen LogP contribution in [-0.2, 0) is 0 Å². The second kappa shape index (κ2) is 8.13. The molecule has 0 saturated heterocycles. The number of nitrogens with one attached hydrogen (secondary N) is 1. The van der Waals surface area contributed by atoms with E-state index in [2.05, 4.69) is 20.3 Å². The van der Waals surface area contributed by atoms with E-state index in [1.165, 1.54) is 12.1 Å². The van der Waals surface area contributed by atoms with Crippen molar-refractivity contribution in [3.05, 3.63) is 71.6 Å². The molecule has 3 rings (SSSR count). The SMILES string of the molecule is O=C(N/C(=C/Cl)c1nnc(-c2ccc(OC(F)(F)F)cc2)o1)c1ccccc1. The van der Waals surface area contributed by atoms with Gasteiger partial charge < -0.3 is 14.5 Å². The molecule has 0 spiro atoms. The maximum atomic E-state index is 12.2. The number of hydrogen-bond donors (Lipinski definition) is 1. The molecule has 3 aromatic rings. The Morgan fingerprint density at radius 2 is 1.75 bits per heavy atom. The lowest BCUT2D eigenvalue weighted by molar-refractivity contribution is -0.274. The summed E-state index contributed by atoms with van der Waals surface area (Å²) in [6.07, 6.45) is -4.78. The fourth-order valence-electron chi connectivity index (χ4n) is 2.16. The molecule has 10 heteroatoms. The van der Waals surface area contributed by atoms with Gasteiger partial charge in [0.25, 0.3) is 11.8 Å². The third kappa shape index (κ3) is 4.89. The van der Waals surface area contributed by atoms with Crippen molar-refractivity contribution in [2.45, 2.75) is 6.36 Å². The number of amides is 1. The quantitative estimate of drug-likeness (QED) is 0.666. The Labute approximate surface area is 161 Å². The van der Waals surface area contributed by atoms with Gasteiger partial charge in [0.15, 0.2) is 0 Å².